The zero-order valence-electron chi connectivity index (χ0n) is 13.2. The summed E-state index contributed by atoms with van der Waals surface area (Å²) >= 11 is 0. The Labute approximate surface area is 140 Å². The van der Waals surface area contributed by atoms with Crippen LogP contribution in [0.4, 0.5) is 0 Å². The van der Waals surface area contributed by atoms with E-state index in [1.807, 2.05) is 6.92 Å². The molecule has 6 nitrogen and oxygen atoms in total. The first-order valence-corrected chi connectivity index (χ1v) is 8.97. The topological polar surface area (TPSA) is 92.3 Å². The van der Waals surface area contributed by atoms with E-state index < -0.39 is 21.7 Å². The van der Waals surface area contributed by atoms with Crippen molar-refractivity contribution in [3.8, 4) is 0 Å². The Balaban J connectivity index is 1.83. The maximum atomic E-state index is 12.1. The number of hydrazine groups is 1. The minimum atomic E-state index is -3.52. The molecule has 0 fully saturated rings. The summed E-state index contributed by atoms with van der Waals surface area (Å²) in [5, 5.41) is 0. The molecule has 0 aliphatic heterocycles. The number of carbonyl (C=O) groups is 2. The molecule has 24 heavy (non-hydrogen) atoms. The summed E-state index contributed by atoms with van der Waals surface area (Å²) in [6, 6.07) is 14.7. The maximum Gasteiger partial charge on any atom is 0.269 e. The fraction of sp³-hybridized carbons (Fsp3) is 0.176. The van der Waals surface area contributed by atoms with E-state index in [9.17, 15) is 18.0 Å². The molecule has 2 N–H and O–H groups in total. The summed E-state index contributed by atoms with van der Waals surface area (Å²) < 4.78 is 24.1. The molecule has 0 heterocycles. The van der Waals surface area contributed by atoms with Gasteiger partial charge in [0, 0.05) is 12.0 Å². The molecule has 0 aromatic heterocycles. The maximum absolute atomic E-state index is 12.1. The van der Waals surface area contributed by atoms with Gasteiger partial charge in [-0.3, -0.25) is 20.4 Å². The van der Waals surface area contributed by atoms with Crippen LogP contribution in [0.15, 0.2) is 59.5 Å². The molecule has 126 valence electrons. The van der Waals surface area contributed by atoms with E-state index in [1.165, 1.54) is 12.1 Å². The second-order valence-electron chi connectivity index (χ2n) is 5.25. The Hall–Kier alpha value is -2.67. The number of benzene rings is 2. The second kappa shape index (κ2) is 7.74. The molecule has 0 aliphatic carbocycles. The van der Waals surface area contributed by atoms with Crippen LogP contribution in [0.5, 0.6) is 0 Å². The lowest BCUT2D eigenvalue weighted by atomic mass is 10.1. The number of nitrogens with one attached hydrogen (secondary N) is 2. The predicted octanol–water partition coefficient (Wildman–Crippen LogP) is 1.62. The summed E-state index contributed by atoms with van der Waals surface area (Å²) in [6.45, 7) is 1.90. The van der Waals surface area contributed by atoms with Gasteiger partial charge < -0.3 is 0 Å². The van der Waals surface area contributed by atoms with Crippen molar-refractivity contribution in [1.82, 2.24) is 10.9 Å². The number of carbonyl (C=O) groups excluding carboxylic acids is 2. The van der Waals surface area contributed by atoms with Gasteiger partial charge in [0.05, 0.1) is 10.6 Å². The van der Waals surface area contributed by atoms with E-state index in [2.05, 4.69) is 10.9 Å². The average Bonchev–Trinajstić information content (AvgIpc) is 2.59. The Kier molecular flexibility index (Phi) is 5.70. The molecule has 2 aromatic rings. The smallest absolute Gasteiger partial charge is 0.269 e. The minimum Gasteiger partial charge on any atom is -0.273 e. The van der Waals surface area contributed by atoms with Gasteiger partial charge in [-0.25, -0.2) is 8.42 Å². The Morgan fingerprint density at radius 1 is 0.917 bits per heavy atom. The van der Waals surface area contributed by atoms with E-state index in [4.69, 9.17) is 0 Å². The number of amides is 2. The lowest BCUT2D eigenvalue weighted by Gasteiger charge is -2.08. The number of hydrogen-bond donors (Lipinski definition) is 2. The lowest BCUT2D eigenvalue weighted by molar-refractivity contribution is -0.121. The first-order valence-electron chi connectivity index (χ1n) is 7.32. The van der Waals surface area contributed by atoms with Gasteiger partial charge in [-0.2, -0.15) is 0 Å². The van der Waals surface area contributed by atoms with Gasteiger partial charge in [0.2, 0.25) is 5.91 Å². The van der Waals surface area contributed by atoms with Crippen LogP contribution in [0.25, 0.3) is 0 Å². The highest BCUT2D eigenvalue weighted by Gasteiger charge is 2.16. The van der Waals surface area contributed by atoms with Crippen molar-refractivity contribution in [3.63, 3.8) is 0 Å². The van der Waals surface area contributed by atoms with E-state index >= 15 is 0 Å². The van der Waals surface area contributed by atoms with E-state index in [1.54, 1.807) is 42.5 Å². The lowest BCUT2D eigenvalue weighted by Crippen LogP contribution is -2.42. The SMILES string of the molecule is Cc1ccc(C(=O)NNC(=O)CCS(=O)(=O)c2ccccc2)cc1. The average molecular weight is 346 g/mol. The van der Waals surface area contributed by atoms with E-state index in [-0.39, 0.29) is 17.1 Å². The van der Waals surface area contributed by atoms with Crippen molar-refractivity contribution in [1.29, 1.82) is 0 Å². The highest BCUT2D eigenvalue weighted by molar-refractivity contribution is 7.91. The molecule has 0 radical (unpaired) electrons. The first kappa shape index (κ1) is 17.7. The fourth-order valence-corrected chi connectivity index (χ4v) is 3.20. The highest BCUT2D eigenvalue weighted by Crippen LogP contribution is 2.10. The first-order chi connectivity index (χ1) is 11.4. The van der Waals surface area contributed by atoms with Gasteiger partial charge in [0.15, 0.2) is 9.84 Å². The molecule has 0 saturated carbocycles. The molecule has 2 rings (SSSR count). The number of aryl methyl sites for hydroxylation is 1. The zero-order chi connectivity index (χ0) is 17.6. The van der Waals surface area contributed by atoms with Crippen molar-refractivity contribution in [2.24, 2.45) is 0 Å². The van der Waals surface area contributed by atoms with Crippen molar-refractivity contribution < 1.29 is 18.0 Å². The Morgan fingerprint density at radius 2 is 1.54 bits per heavy atom. The van der Waals surface area contributed by atoms with Crippen molar-refractivity contribution in [2.45, 2.75) is 18.2 Å². The Bertz CT molecular complexity index is 815. The summed E-state index contributed by atoms with van der Waals surface area (Å²) in [5.41, 5.74) is 5.89. The quantitative estimate of drug-likeness (QED) is 0.805. The molecule has 0 saturated heterocycles. The molecule has 0 atom stereocenters. The third kappa shape index (κ3) is 4.92. The third-order valence-corrected chi connectivity index (χ3v) is 5.06. The normalized spacial score (nSPS) is 10.9. The van der Waals surface area contributed by atoms with Gasteiger partial charge >= 0.3 is 0 Å². The van der Waals surface area contributed by atoms with Crippen LogP contribution in [-0.4, -0.2) is 26.0 Å². The summed E-state index contributed by atoms with van der Waals surface area (Å²) in [7, 11) is -3.52. The largest absolute Gasteiger partial charge is 0.273 e. The van der Waals surface area contributed by atoms with Crippen LogP contribution in [0.2, 0.25) is 0 Å². The van der Waals surface area contributed by atoms with E-state index in [0.717, 1.165) is 5.56 Å². The van der Waals surface area contributed by atoms with Crippen LogP contribution in [0.1, 0.15) is 22.3 Å². The second-order valence-corrected chi connectivity index (χ2v) is 7.36. The van der Waals surface area contributed by atoms with Crippen molar-refractivity contribution >= 4 is 21.7 Å². The standard InChI is InChI=1S/C17H18N2O4S/c1-13-7-9-14(10-8-13)17(21)19-18-16(20)11-12-24(22,23)15-5-3-2-4-6-15/h2-10H,11-12H2,1H3,(H,18,20)(H,19,21). The van der Waals surface area contributed by atoms with E-state index in [0.29, 0.717) is 5.56 Å². The molecule has 0 aliphatic rings. The monoisotopic (exact) mass is 346 g/mol. The fourth-order valence-electron chi connectivity index (χ4n) is 1.94. The molecule has 0 bridgehead atoms. The van der Waals surface area contributed by atoms with Gasteiger partial charge in [-0.15, -0.1) is 0 Å². The van der Waals surface area contributed by atoms with Crippen LogP contribution in [-0.2, 0) is 14.6 Å². The molecule has 2 aromatic carbocycles. The van der Waals surface area contributed by atoms with Crippen LogP contribution in [0, 0.1) is 6.92 Å². The number of hydrogen-bond acceptors (Lipinski definition) is 4. The molecular formula is C17H18N2O4S. The molecular weight excluding hydrogens is 328 g/mol. The number of rotatable bonds is 5. The van der Waals surface area contributed by atoms with Crippen molar-refractivity contribution in [3.05, 3.63) is 65.7 Å². The van der Waals surface area contributed by atoms with Gasteiger partial charge in [0.25, 0.3) is 5.91 Å². The van der Waals surface area contributed by atoms with Crippen molar-refractivity contribution in [2.75, 3.05) is 5.75 Å². The van der Waals surface area contributed by atoms with Crippen LogP contribution >= 0.6 is 0 Å². The van der Waals surface area contributed by atoms with Crippen LogP contribution in [0.3, 0.4) is 0 Å². The number of sulfone groups is 1. The van der Waals surface area contributed by atoms with Gasteiger partial charge in [-0.05, 0) is 31.2 Å². The highest BCUT2D eigenvalue weighted by atomic mass is 32.2. The molecule has 0 spiro atoms. The summed E-state index contributed by atoms with van der Waals surface area (Å²) in [4.78, 5) is 23.7. The van der Waals surface area contributed by atoms with Gasteiger partial charge in [0.1, 0.15) is 0 Å². The van der Waals surface area contributed by atoms with Crippen LogP contribution < -0.4 is 10.9 Å². The molecule has 7 heteroatoms. The zero-order valence-corrected chi connectivity index (χ0v) is 14.0. The molecule has 2 amide bonds. The minimum absolute atomic E-state index is 0.168. The van der Waals surface area contributed by atoms with Gasteiger partial charge in [-0.1, -0.05) is 35.9 Å². The third-order valence-electron chi connectivity index (χ3n) is 3.33. The summed E-state index contributed by atoms with van der Waals surface area (Å²) in [5.74, 6) is -1.37. The Morgan fingerprint density at radius 3 is 2.17 bits per heavy atom. The summed E-state index contributed by atoms with van der Waals surface area (Å²) in [6.07, 6.45) is -0.245. The predicted molar refractivity (Wildman–Crippen MR) is 89.9 cm³/mol. The molecule has 0 unspecified atom stereocenters.